The van der Waals surface area contributed by atoms with E-state index in [2.05, 4.69) is 36.9 Å². The number of ether oxygens (including phenoxy) is 1. The maximum atomic E-state index is 12.6. The highest BCUT2D eigenvalue weighted by molar-refractivity contribution is 5.94. The van der Waals surface area contributed by atoms with Gasteiger partial charge in [-0.25, -0.2) is 4.57 Å². The minimum Gasteiger partial charge on any atom is -0.493 e. The molecular formula is C27H41N2O2+. The molecule has 0 aliphatic rings. The van der Waals surface area contributed by atoms with Crippen molar-refractivity contribution in [1.82, 2.24) is 5.32 Å². The summed E-state index contributed by atoms with van der Waals surface area (Å²) in [5.74, 6) is 0.866. The van der Waals surface area contributed by atoms with Crippen LogP contribution < -0.4 is 14.6 Å². The molecule has 0 saturated carbocycles. The first kappa shape index (κ1) is 24.9. The third-order valence-corrected chi connectivity index (χ3v) is 5.70. The molecule has 2 rings (SSSR count). The van der Waals surface area contributed by atoms with Crippen LogP contribution in [0.1, 0.15) is 93.6 Å². The van der Waals surface area contributed by atoms with Crippen LogP contribution in [-0.2, 0) is 19.5 Å². The Morgan fingerprint density at radius 2 is 1.71 bits per heavy atom. The van der Waals surface area contributed by atoms with Crippen LogP contribution in [0.5, 0.6) is 5.75 Å². The molecule has 1 amide bonds. The van der Waals surface area contributed by atoms with Gasteiger partial charge in [-0.15, -0.1) is 0 Å². The number of unbranched alkanes of at least 4 members (excludes halogenated alkanes) is 7. The van der Waals surface area contributed by atoms with Crippen molar-refractivity contribution >= 4 is 5.91 Å². The van der Waals surface area contributed by atoms with Gasteiger partial charge in [-0.3, -0.25) is 4.79 Å². The second kappa shape index (κ2) is 14.6. The smallest absolute Gasteiger partial charge is 0.251 e. The fraction of sp³-hybridized carbons (Fsp3) is 0.556. The van der Waals surface area contributed by atoms with E-state index in [0.29, 0.717) is 12.1 Å². The molecule has 170 valence electrons. The molecule has 31 heavy (non-hydrogen) atoms. The highest BCUT2D eigenvalue weighted by Crippen LogP contribution is 2.21. The van der Waals surface area contributed by atoms with Crippen molar-refractivity contribution in [1.29, 1.82) is 0 Å². The average Bonchev–Trinajstić information content (AvgIpc) is 2.81. The van der Waals surface area contributed by atoms with Crippen LogP contribution in [0, 0.1) is 0 Å². The number of carbonyl (C=O) groups excluding carboxylic acids is 1. The van der Waals surface area contributed by atoms with Crippen LogP contribution in [0.4, 0.5) is 0 Å². The Bertz CT molecular complexity index is 789. The number of carbonyl (C=O) groups is 1. The van der Waals surface area contributed by atoms with Crippen molar-refractivity contribution < 1.29 is 14.1 Å². The number of nitrogens with one attached hydrogen (secondary N) is 1. The van der Waals surface area contributed by atoms with Crippen LogP contribution in [0.3, 0.4) is 0 Å². The summed E-state index contributed by atoms with van der Waals surface area (Å²) >= 11 is 0. The lowest BCUT2D eigenvalue weighted by molar-refractivity contribution is -0.694. The van der Waals surface area contributed by atoms with E-state index in [0.717, 1.165) is 42.9 Å². The van der Waals surface area contributed by atoms with E-state index in [1.165, 1.54) is 44.9 Å². The Kier molecular flexibility index (Phi) is 11.7. The molecule has 0 fully saturated rings. The molecule has 1 heterocycles. The van der Waals surface area contributed by atoms with Gasteiger partial charge in [0, 0.05) is 23.7 Å². The fourth-order valence-electron chi connectivity index (χ4n) is 3.72. The molecule has 0 radical (unpaired) electrons. The highest BCUT2D eigenvalue weighted by atomic mass is 16.5. The maximum Gasteiger partial charge on any atom is 0.251 e. The van der Waals surface area contributed by atoms with Gasteiger partial charge >= 0.3 is 0 Å². The predicted octanol–water partition coefficient (Wildman–Crippen LogP) is 6.01. The molecule has 4 nitrogen and oxygen atoms in total. The standard InChI is InChI=1S/C27H40N2O2/c1-4-7-8-9-10-11-12-13-19-31-26-17-16-25(20-24(26)5-2)27(30)28-21-23-15-14-18-29(6-3)22-23/h14-18,20,22H,4-13,19,21H2,1-3H3/p+1. The normalized spacial score (nSPS) is 10.8. The zero-order chi connectivity index (χ0) is 22.3. The lowest BCUT2D eigenvalue weighted by Gasteiger charge is -2.12. The second-order valence-electron chi connectivity index (χ2n) is 8.22. The molecule has 0 saturated heterocycles. The number of hydrogen-bond donors (Lipinski definition) is 1. The van der Waals surface area contributed by atoms with Crippen LogP contribution >= 0.6 is 0 Å². The van der Waals surface area contributed by atoms with Gasteiger partial charge in [0.25, 0.3) is 5.91 Å². The summed E-state index contributed by atoms with van der Waals surface area (Å²) in [7, 11) is 0. The van der Waals surface area contributed by atoms with Crippen molar-refractivity contribution in [3.63, 3.8) is 0 Å². The molecule has 0 unspecified atom stereocenters. The van der Waals surface area contributed by atoms with E-state index in [1.54, 1.807) is 0 Å². The predicted molar refractivity (Wildman–Crippen MR) is 127 cm³/mol. The third-order valence-electron chi connectivity index (χ3n) is 5.70. The minimum atomic E-state index is -0.0452. The molecule has 2 aromatic rings. The van der Waals surface area contributed by atoms with E-state index in [-0.39, 0.29) is 5.91 Å². The van der Waals surface area contributed by atoms with E-state index in [1.807, 2.05) is 36.5 Å². The number of hydrogen-bond acceptors (Lipinski definition) is 2. The summed E-state index contributed by atoms with van der Waals surface area (Å²) in [5, 5.41) is 3.03. The van der Waals surface area contributed by atoms with E-state index < -0.39 is 0 Å². The van der Waals surface area contributed by atoms with Crippen molar-refractivity contribution in [2.75, 3.05) is 6.61 Å². The first-order valence-electron chi connectivity index (χ1n) is 12.2. The summed E-state index contributed by atoms with van der Waals surface area (Å²) in [6.07, 6.45) is 15.3. The van der Waals surface area contributed by atoms with Crippen LogP contribution in [0.2, 0.25) is 0 Å². The highest BCUT2D eigenvalue weighted by Gasteiger charge is 2.11. The Morgan fingerprint density at radius 3 is 2.42 bits per heavy atom. The van der Waals surface area contributed by atoms with E-state index >= 15 is 0 Å². The summed E-state index contributed by atoms with van der Waals surface area (Å²) in [5.41, 5.74) is 2.88. The zero-order valence-electron chi connectivity index (χ0n) is 19.8. The van der Waals surface area contributed by atoms with E-state index in [4.69, 9.17) is 4.74 Å². The number of pyridine rings is 1. The molecular weight excluding hydrogens is 384 g/mol. The summed E-state index contributed by atoms with van der Waals surface area (Å²) in [4.78, 5) is 12.6. The Hall–Kier alpha value is -2.36. The number of nitrogens with zero attached hydrogens (tertiary/aromatic N) is 1. The molecule has 1 N–H and O–H groups in total. The topological polar surface area (TPSA) is 42.2 Å². The first-order chi connectivity index (χ1) is 15.2. The van der Waals surface area contributed by atoms with Crippen LogP contribution in [-0.4, -0.2) is 12.5 Å². The number of aromatic nitrogens is 1. The molecule has 4 heteroatoms. The van der Waals surface area contributed by atoms with Crippen LogP contribution in [0.15, 0.2) is 42.7 Å². The van der Waals surface area contributed by atoms with Gasteiger partial charge in [0.1, 0.15) is 12.3 Å². The molecule has 0 aliphatic carbocycles. The third kappa shape index (κ3) is 9.12. The number of aryl methyl sites for hydroxylation is 2. The number of amides is 1. The van der Waals surface area contributed by atoms with Crippen molar-refractivity contribution in [3.05, 3.63) is 59.4 Å². The van der Waals surface area contributed by atoms with Crippen molar-refractivity contribution in [2.24, 2.45) is 0 Å². The van der Waals surface area contributed by atoms with Crippen molar-refractivity contribution in [2.45, 2.75) is 91.6 Å². The van der Waals surface area contributed by atoms with Crippen LogP contribution in [0.25, 0.3) is 0 Å². The molecule has 0 spiro atoms. The lowest BCUT2D eigenvalue weighted by atomic mass is 10.1. The van der Waals surface area contributed by atoms with Gasteiger partial charge < -0.3 is 10.1 Å². The summed E-state index contributed by atoms with van der Waals surface area (Å²) in [6.45, 7) is 8.66. The first-order valence-corrected chi connectivity index (χ1v) is 12.2. The monoisotopic (exact) mass is 425 g/mol. The van der Waals surface area contributed by atoms with Gasteiger partial charge in [0.15, 0.2) is 12.4 Å². The molecule has 1 aromatic heterocycles. The molecule has 1 aromatic carbocycles. The van der Waals surface area contributed by atoms with Gasteiger partial charge in [-0.05, 0) is 49.6 Å². The van der Waals surface area contributed by atoms with Crippen molar-refractivity contribution in [3.8, 4) is 5.75 Å². The fourth-order valence-corrected chi connectivity index (χ4v) is 3.72. The van der Waals surface area contributed by atoms with Gasteiger partial charge in [0.05, 0.1) is 6.61 Å². The Morgan fingerprint density at radius 1 is 0.968 bits per heavy atom. The quantitative estimate of drug-likeness (QED) is 0.281. The number of rotatable bonds is 15. The molecule has 0 bridgehead atoms. The van der Waals surface area contributed by atoms with E-state index in [9.17, 15) is 4.79 Å². The number of benzene rings is 1. The average molecular weight is 426 g/mol. The van der Waals surface area contributed by atoms with Gasteiger partial charge in [-0.1, -0.05) is 58.8 Å². The SMILES string of the molecule is CCCCCCCCCCOc1ccc(C(=O)NCc2ccc[n+](CC)c2)cc1CC. The summed E-state index contributed by atoms with van der Waals surface area (Å²) in [6, 6.07) is 9.83. The minimum absolute atomic E-state index is 0.0452. The lowest BCUT2D eigenvalue weighted by Crippen LogP contribution is -2.32. The Labute approximate surface area is 189 Å². The second-order valence-corrected chi connectivity index (χ2v) is 8.22. The largest absolute Gasteiger partial charge is 0.493 e. The summed E-state index contributed by atoms with van der Waals surface area (Å²) < 4.78 is 8.13. The van der Waals surface area contributed by atoms with Gasteiger partial charge in [-0.2, -0.15) is 0 Å². The zero-order valence-corrected chi connectivity index (χ0v) is 19.8. The Balaban J connectivity index is 1.77. The molecule has 0 atom stereocenters. The maximum absolute atomic E-state index is 12.6. The van der Waals surface area contributed by atoms with Gasteiger partial charge in [0.2, 0.25) is 0 Å². The molecule has 0 aliphatic heterocycles.